The first-order valence-electron chi connectivity index (χ1n) is 11.4. The second-order valence-electron chi connectivity index (χ2n) is 9.43. The topological polar surface area (TPSA) is 77.8 Å². The summed E-state index contributed by atoms with van der Waals surface area (Å²) in [6.07, 6.45) is 13.1. The zero-order valence-electron chi connectivity index (χ0n) is 18.3. The lowest BCUT2D eigenvalue weighted by Gasteiger charge is -2.22. The number of aliphatic hydroxyl groups is 2. The van der Waals surface area contributed by atoms with Crippen LogP contribution in [0.1, 0.15) is 74.7 Å². The standard InChI is InChI=1S/C26H36O4/c1-3-4-13-26(2,30)14-7-10-22-23-16-18(15-20(23)17-24(22)27)11-12-19-8-5-6-9-21(19)25(28)29/h5-10,15,20,22-24,27,30H,3-4,11-14,16-17H2,1-2H3,(H,28,29)/b10-7+/t20-,22-,23-,24+,26+/m0/s1. The molecule has 3 rings (SSSR count). The molecule has 0 unspecified atom stereocenters. The lowest BCUT2D eigenvalue weighted by Crippen LogP contribution is -2.23. The monoisotopic (exact) mass is 412 g/mol. The molecule has 5 atom stereocenters. The number of aryl methyl sites for hydroxylation is 1. The molecule has 0 amide bonds. The minimum atomic E-state index is -0.869. The Bertz CT molecular complexity index is 792. The third-order valence-corrected chi connectivity index (χ3v) is 6.90. The van der Waals surface area contributed by atoms with Gasteiger partial charge in [-0.05, 0) is 68.9 Å². The fraction of sp³-hybridized carbons (Fsp3) is 0.577. The molecule has 1 aromatic rings. The summed E-state index contributed by atoms with van der Waals surface area (Å²) in [7, 11) is 0. The average molecular weight is 413 g/mol. The average Bonchev–Trinajstić information content (AvgIpc) is 3.22. The van der Waals surface area contributed by atoms with Crippen LogP contribution in [0.2, 0.25) is 0 Å². The molecule has 0 spiro atoms. The van der Waals surface area contributed by atoms with Crippen LogP contribution in [0.5, 0.6) is 0 Å². The maximum atomic E-state index is 11.4. The van der Waals surface area contributed by atoms with E-state index in [4.69, 9.17) is 0 Å². The number of allylic oxidation sites excluding steroid dienone is 2. The van der Waals surface area contributed by atoms with Crippen LogP contribution in [-0.2, 0) is 6.42 Å². The molecule has 4 heteroatoms. The van der Waals surface area contributed by atoms with Crippen molar-refractivity contribution >= 4 is 5.97 Å². The maximum Gasteiger partial charge on any atom is 0.335 e. The van der Waals surface area contributed by atoms with Crippen molar-refractivity contribution in [2.75, 3.05) is 0 Å². The van der Waals surface area contributed by atoms with Crippen molar-refractivity contribution in [3.63, 3.8) is 0 Å². The predicted molar refractivity (Wildman–Crippen MR) is 119 cm³/mol. The van der Waals surface area contributed by atoms with Crippen molar-refractivity contribution in [3.05, 3.63) is 59.2 Å². The minimum absolute atomic E-state index is 0.136. The summed E-state index contributed by atoms with van der Waals surface area (Å²) < 4.78 is 0. The number of fused-ring (bicyclic) bond motifs is 1. The van der Waals surface area contributed by atoms with Gasteiger partial charge in [-0.15, -0.1) is 0 Å². The Kier molecular flexibility index (Phi) is 7.54. The summed E-state index contributed by atoms with van der Waals surface area (Å²) in [4.78, 5) is 11.4. The molecule has 0 bridgehead atoms. The Labute approximate surface area is 180 Å². The summed E-state index contributed by atoms with van der Waals surface area (Å²) in [6.45, 7) is 4.02. The highest BCUT2D eigenvalue weighted by molar-refractivity contribution is 5.89. The number of hydrogen-bond donors (Lipinski definition) is 3. The highest BCUT2D eigenvalue weighted by atomic mass is 16.4. The molecular formula is C26H36O4. The number of unbranched alkanes of at least 4 members (excludes halogenated alkanes) is 1. The molecule has 1 saturated carbocycles. The molecule has 0 saturated heterocycles. The quantitative estimate of drug-likeness (QED) is 0.465. The second-order valence-corrected chi connectivity index (χ2v) is 9.43. The van der Waals surface area contributed by atoms with E-state index < -0.39 is 11.6 Å². The number of carbonyl (C=O) groups is 1. The van der Waals surface area contributed by atoms with Gasteiger partial charge in [0.15, 0.2) is 0 Å². The summed E-state index contributed by atoms with van der Waals surface area (Å²) >= 11 is 0. The molecule has 164 valence electrons. The normalized spacial score (nSPS) is 27.8. The number of benzene rings is 1. The molecule has 2 aliphatic rings. The van der Waals surface area contributed by atoms with Crippen molar-refractivity contribution in [3.8, 4) is 0 Å². The smallest absolute Gasteiger partial charge is 0.335 e. The van der Waals surface area contributed by atoms with Gasteiger partial charge in [0.05, 0.1) is 17.3 Å². The lowest BCUT2D eigenvalue weighted by molar-refractivity contribution is 0.0513. The van der Waals surface area contributed by atoms with Gasteiger partial charge >= 0.3 is 5.97 Å². The number of hydrogen-bond acceptors (Lipinski definition) is 3. The fourth-order valence-corrected chi connectivity index (χ4v) is 5.17. The highest BCUT2D eigenvalue weighted by Gasteiger charge is 2.43. The van der Waals surface area contributed by atoms with Crippen molar-refractivity contribution in [2.45, 2.75) is 76.9 Å². The number of aliphatic hydroxyl groups excluding tert-OH is 1. The second kappa shape index (κ2) is 9.93. The predicted octanol–water partition coefficient (Wildman–Crippen LogP) is 5.15. The van der Waals surface area contributed by atoms with Crippen LogP contribution in [0, 0.1) is 17.8 Å². The summed E-state index contributed by atoms with van der Waals surface area (Å²) in [5.74, 6) is 0.0876. The lowest BCUT2D eigenvalue weighted by atomic mass is 9.87. The highest BCUT2D eigenvalue weighted by Crippen LogP contribution is 2.48. The van der Waals surface area contributed by atoms with Crippen molar-refractivity contribution in [2.24, 2.45) is 17.8 Å². The summed E-state index contributed by atoms with van der Waals surface area (Å²) in [5, 5.41) is 30.4. The zero-order valence-corrected chi connectivity index (χ0v) is 18.3. The molecule has 2 aliphatic carbocycles. The van der Waals surface area contributed by atoms with Crippen LogP contribution in [-0.4, -0.2) is 33.0 Å². The number of carboxylic acid groups (broad SMARTS) is 1. The fourth-order valence-electron chi connectivity index (χ4n) is 5.17. The van der Waals surface area contributed by atoms with Crippen molar-refractivity contribution < 1.29 is 20.1 Å². The van der Waals surface area contributed by atoms with Crippen molar-refractivity contribution in [1.82, 2.24) is 0 Å². The van der Waals surface area contributed by atoms with E-state index in [1.54, 1.807) is 12.1 Å². The van der Waals surface area contributed by atoms with Crippen LogP contribution in [0.25, 0.3) is 0 Å². The van der Waals surface area contributed by atoms with E-state index in [1.165, 1.54) is 5.57 Å². The van der Waals surface area contributed by atoms with Gasteiger partial charge in [0, 0.05) is 5.92 Å². The number of rotatable bonds is 10. The SMILES string of the molecule is CCCC[C@@](C)(O)C/C=C/[C@H]1[C@H]2CC(CCc3ccccc3C(=O)O)=C[C@H]2C[C@H]1O. The van der Waals surface area contributed by atoms with Crippen LogP contribution >= 0.6 is 0 Å². The Balaban J connectivity index is 1.56. The van der Waals surface area contributed by atoms with Gasteiger partial charge in [-0.3, -0.25) is 0 Å². The molecule has 0 radical (unpaired) electrons. The van der Waals surface area contributed by atoms with E-state index in [9.17, 15) is 20.1 Å². The van der Waals surface area contributed by atoms with Crippen molar-refractivity contribution in [1.29, 1.82) is 0 Å². The van der Waals surface area contributed by atoms with Gasteiger partial charge in [0.1, 0.15) is 0 Å². The van der Waals surface area contributed by atoms with E-state index in [0.717, 1.165) is 50.5 Å². The van der Waals surface area contributed by atoms with E-state index in [0.29, 0.717) is 23.8 Å². The summed E-state index contributed by atoms with van der Waals surface area (Å²) in [5.41, 5.74) is 1.98. The molecule has 1 fully saturated rings. The van der Waals surface area contributed by atoms with E-state index in [1.807, 2.05) is 19.1 Å². The molecule has 30 heavy (non-hydrogen) atoms. The van der Waals surface area contributed by atoms with Gasteiger partial charge in [-0.25, -0.2) is 4.79 Å². The Morgan fingerprint density at radius 1 is 1.27 bits per heavy atom. The van der Waals surface area contributed by atoms with Crippen LogP contribution < -0.4 is 0 Å². The molecule has 3 N–H and O–H groups in total. The van der Waals surface area contributed by atoms with Gasteiger partial charge in [0.25, 0.3) is 0 Å². The van der Waals surface area contributed by atoms with E-state index in [2.05, 4.69) is 25.2 Å². The molecule has 0 heterocycles. The van der Waals surface area contributed by atoms with E-state index in [-0.39, 0.29) is 12.0 Å². The third kappa shape index (κ3) is 5.61. The first-order valence-corrected chi connectivity index (χ1v) is 11.4. The van der Waals surface area contributed by atoms with Gasteiger partial charge in [-0.2, -0.15) is 0 Å². The molecular weight excluding hydrogens is 376 g/mol. The molecule has 1 aromatic carbocycles. The van der Waals surface area contributed by atoms with Gasteiger partial charge < -0.3 is 15.3 Å². The van der Waals surface area contributed by atoms with Gasteiger partial charge in [0.2, 0.25) is 0 Å². The van der Waals surface area contributed by atoms with Crippen LogP contribution in [0.3, 0.4) is 0 Å². The van der Waals surface area contributed by atoms with Crippen LogP contribution in [0.4, 0.5) is 0 Å². The maximum absolute atomic E-state index is 11.4. The Morgan fingerprint density at radius 2 is 2.03 bits per heavy atom. The Morgan fingerprint density at radius 3 is 2.77 bits per heavy atom. The van der Waals surface area contributed by atoms with E-state index >= 15 is 0 Å². The first-order chi connectivity index (χ1) is 14.3. The zero-order chi connectivity index (χ0) is 21.7. The minimum Gasteiger partial charge on any atom is -0.478 e. The number of carboxylic acids is 1. The molecule has 0 aromatic heterocycles. The summed E-state index contributed by atoms with van der Waals surface area (Å²) in [6, 6.07) is 7.23. The number of aromatic carboxylic acids is 1. The molecule has 4 nitrogen and oxygen atoms in total. The third-order valence-electron chi connectivity index (χ3n) is 6.90. The van der Waals surface area contributed by atoms with Crippen LogP contribution in [0.15, 0.2) is 48.1 Å². The molecule has 0 aliphatic heterocycles. The van der Waals surface area contributed by atoms with Gasteiger partial charge in [-0.1, -0.05) is 61.8 Å². The Hall–Kier alpha value is -1.91. The largest absolute Gasteiger partial charge is 0.478 e. The first kappa shape index (κ1) is 22.8.